The Morgan fingerprint density at radius 3 is 1.50 bits per heavy atom. The van der Waals surface area contributed by atoms with Crippen molar-refractivity contribution in [2.75, 3.05) is 14.1 Å². The molecule has 0 aliphatic carbocycles. The Bertz CT molecular complexity index is 33.0. The van der Waals surface area contributed by atoms with Gasteiger partial charge < -0.3 is 17.4 Å². The fraction of sp³-hybridized carbons (Fsp3) is 0.500. The minimum atomic E-state index is 0. The zero-order valence-electron chi connectivity index (χ0n) is 5.15. The fourth-order valence-electron chi connectivity index (χ4n) is 0. The van der Waals surface area contributed by atoms with Crippen molar-refractivity contribution in [1.82, 2.24) is 0 Å². The molecule has 0 aliphatic heterocycles. The van der Waals surface area contributed by atoms with Gasteiger partial charge in [0.05, 0.1) is 0 Å². The summed E-state index contributed by atoms with van der Waals surface area (Å²) in [5.74, 6) is 0. The van der Waals surface area contributed by atoms with Gasteiger partial charge in [-0.3, -0.25) is 4.99 Å². The Kier molecular flexibility index (Phi) is 203. The van der Waals surface area contributed by atoms with Gasteiger partial charge in [0.1, 0.15) is 13.8 Å². The molecule has 0 aromatic carbocycles. The molecule has 0 radical (unpaired) electrons. The zero-order valence-corrected chi connectivity index (χ0v) is 6.72. The first-order chi connectivity index (χ1) is 2.83. The smallest absolute Gasteiger partial charge is 0.130 e. The van der Waals surface area contributed by atoms with E-state index in [1.165, 1.54) is 0 Å². The average molecular weight is 159 g/mol. The van der Waals surface area contributed by atoms with Crippen LogP contribution >= 0.6 is 12.4 Å². The van der Waals surface area contributed by atoms with E-state index in [0.29, 0.717) is 0 Å². The van der Waals surface area contributed by atoms with Crippen LogP contribution in [0.25, 0.3) is 0 Å². The van der Waals surface area contributed by atoms with Gasteiger partial charge in [0.25, 0.3) is 0 Å². The maximum atomic E-state index is 3.25. The molecule has 8 heavy (non-hydrogen) atoms. The Morgan fingerprint density at radius 2 is 1.50 bits per heavy atom. The van der Waals surface area contributed by atoms with E-state index in [4.69, 9.17) is 0 Å². The molecular formula is C4H12Cl2N2. The second kappa shape index (κ2) is 65.8. The van der Waals surface area contributed by atoms with Gasteiger partial charge in [-0.15, -0.1) is 12.4 Å². The molecular weight excluding hydrogens is 147 g/mol. The van der Waals surface area contributed by atoms with Crippen molar-refractivity contribution in [3.63, 3.8) is 0 Å². The van der Waals surface area contributed by atoms with Gasteiger partial charge in [-0.05, 0) is 6.72 Å². The van der Waals surface area contributed by atoms with Crippen molar-refractivity contribution in [2.24, 2.45) is 4.99 Å². The lowest BCUT2D eigenvalue weighted by Gasteiger charge is -1.38. The Balaban J connectivity index is -0.0000000160. The predicted molar refractivity (Wildman–Crippen MR) is 36.7 cm³/mol. The lowest BCUT2D eigenvalue weighted by atomic mass is 11.4. The number of hydrogen-bond acceptors (Lipinski definition) is 1. The molecule has 0 unspecified atom stereocenters. The molecule has 4 heteroatoms. The third-order valence-corrected chi connectivity index (χ3v) is 0. The summed E-state index contributed by atoms with van der Waals surface area (Å²) in [6, 6.07) is 0. The molecule has 0 rings (SSSR count). The van der Waals surface area contributed by atoms with Crippen LogP contribution < -0.4 is 17.4 Å². The SMILES string of the molecule is C=NC.C=[NH+]C.Cl.[Cl-]. The van der Waals surface area contributed by atoms with Crippen molar-refractivity contribution in [2.45, 2.75) is 0 Å². The highest BCUT2D eigenvalue weighted by atomic mass is 35.5. The first kappa shape index (κ1) is 24.7. The van der Waals surface area contributed by atoms with Crippen LogP contribution in [0.1, 0.15) is 0 Å². The summed E-state index contributed by atoms with van der Waals surface area (Å²) in [7, 11) is 3.40. The van der Waals surface area contributed by atoms with Crippen LogP contribution in [0.3, 0.4) is 0 Å². The summed E-state index contributed by atoms with van der Waals surface area (Å²) in [5.41, 5.74) is 0. The lowest BCUT2D eigenvalue weighted by Crippen LogP contribution is -3.00. The first-order valence-electron chi connectivity index (χ1n) is 1.62. The summed E-state index contributed by atoms with van der Waals surface area (Å²) < 4.78 is 0. The molecule has 0 aliphatic rings. The van der Waals surface area contributed by atoms with E-state index in [-0.39, 0.29) is 24.8 Å². The van der Waals surface area contributed by atoms with E-state index in [1.54, 1.807) is 14.1 Å². The van der Waals surface area contributed by atoms with Gasteiger partial charge >= 0.3 is 0 Å². The number of nitrogens with one attached hydrogen (secondary N) is 1. The van der Waals surface area contributed by atoms with E-state index in [9.17, 15) is 0 Å². The molecule has 0 amide bonds. The van der Waals surface area contributed by atoms with Gasteiger partial charge in [-0.25, -0.2) is 0 Å². The quantitative estimate of drug-likeness (QED) is 0.350. The molecule has 0 fully saturated rings. The third-order valence-electron chi connectivity index (χ3n) is 0. The standard InChI is InChI=1S/2C2H5N.2ClH/c2*1-3-2;;/h2*1H2,2H3;2*1H. The van der Waals surface area contributed by atoms with E-state index in [1.807, 2.05) is 0 Å². The van der Waals surface area contributed by atoms with Crippen molar-refractivity contribution < 1.29 is 17.4 Å². The number of nitrogens with zero attached hydrogens (tertiary/aromatic N) is 1. The van der Waals surface area contributed by atoms with Crippen LogP contribution in [0.5, 0.6) is 0 Å². The summed E-state index contributed by atoms with van der Waals surface area (Å²) in [4.78, 5) is 5.75. The second-order valence-corrected chi connectivity index (χ2v) is 0.670. The molecule has 1 N–H and O–H groups in total. The number of rotatable bonds is 0. The Labute approximate surface area is 62.9 Å². The lowest BCUT2D eigenvalue weighted by molar-refractivity contribution is -0.409. The summed E-state index contributed by atoms with van der Waals surface area (Å²) in [6.07, 6.45) is 0. The zero-order chi connectivity index (χ0) is 5.41. The monoisotopic (exact) mass is 158 g/mol. The van der Waals surface area contributed by atoms with E-state index in [0.717, 1.165) is 0 Å². The number of hydrogen-bond donors (Lipinski definition) is 1. The van der Waals surface area contributed by atoms with Crippen molar-refractivity contribution in [1.29, 1.82) is 0 Å². The molecule has 0 heterocycles. The number of aliphatic imine (C=N–C) groups is 1. The predicted octanol–water partition coefficient (Wildman–Crippen LogP) is -3.86. The van der Waals surface area contributed by atoms with Gasteiger partial charge in [-0.1, -0.05) is 0 Å². The van der Waals surface area contributed by atoms with E-state index in [2.05, 4.69) is 23.4 Å². The second-order valence-electron chi connectivity index (χ2n) is 0.670. The van der Waals surface area contributed by atoms with Crippen molar-refractivity contribution in [3.8, 4) is 0 Å². The van der Waals surface area contributed by atoms with Gasteiger partial charge in [0, 0.05) is 7.05 Å². The van der Waals surface area contributed by atoms with E-state index < -0.39 is 0 Å². The average Bonchev–Trinajstić information content (AvgIpc) is 1.39. The topological polar surface area (TPSA) is 26.3 Å². The Morgan fingerprint density at radius 1 is 1.50 bits per heavy atom. The van der Waals surface area contributed by atoms with Crippen LogP contribution in [0, 0.1) is 0 Å². The van der Waals surface area contributed by atoms with Crippen LogP contribution in [0.4, 0.5) is 0 Å². The number of halogens is 2. The van der Waals surface area contributed by atoms with Gasteiger partial charge in [0.2, 0.25) is 0 Å². The summed E-state index contributed by atoms with van der Waals surface area (Å²) in [6.45, 7) is 6.35. The maximum Gasteiger partial charge on any atom is 0.130 e. The highest BCUT2D eigenvalue weighted by Gasteiger charge is 1.18. The molecule has 0 atom stereocenters. The highest BCUT2D eigenvalue weighted by Crippen LogP contribution is 1.22. The van der Waals surface area contributed by atoms with Crippen LogP contribution in [0.15, 0.2) is 4.99 Å². The van der Waals surface area contributed by atoms with E-state index >= 15 is 0 Å². The van der Waals surface area contributed by atoms with Crippen LogP contribution in [0.2, 0.25) is 0 Å². The van der Waals surface area contributed by atoms with Gasteiger partial charge in [-0.2, -0.15) is 0 Å². The summed E-state index contributed by atoms with van der Waals surface area (Å²) in [5, 5.41) is 0. The summed E-state index contributed by atoms with van der Waals surface area (Å²) >= 11 is 0. The molecule has 0 saturated carbocycles. The first-order valence-corrected chi connectivity index (χ1v) is 1.62. The van der Waals surface area contributed by atoms with Crippen LogP contribution in [-0.2, 0) is 0 Å². The third kappa shape index (κ3) is 22400. The van der Waals surface area contributed by atoms with Crippen molar-refractivity contribution >= 4 is 25.8 Å². The highest BCUT2D eigenvalue weighted by molar-refractivity contribution is 5.85. The molecule has 0 aromatic rings. The molecule has 2 nitrogen and oxygen atoms in total. The normalized spacial score (nSPS) is 3.25. The van der Waals surface area contributed by atoms with Crippen LogP contribution in [-0.4, -0.2) is 27.5 Å². The molecule has 0 bridgehead atoms. The molecule has 0 saturated heterocycles. The Hall–Kier alpha value is -0.0800. The molecule has 0 aromatic heterocycles. The minimum absolute atomic E-state index is 0. The molecule has 0 spiro atoms. The fourth-order valence-corrected chi connectivity index (χ4v) is 0. The molecule has 52 valence electrons. The van der Waals surface area contributed by atoms with Gasteiger partial charge in [0.15, 0.2) is 0 Å². The van der Waals surface area contributed by atoms with Crippen molar-refractivity contribution in [3.05, 3.63) is 0 Å². The maximum absolute atomic E-state index is 3.25. The largest absolute Gasteiger partial charge is 1.00 e. The minimum Gasteiger partial charge on any atom is -1.00 e.